The Balaban J connectivity index is 2.19. The number of aliphatic hydroxyl groups excluding tert-OH is 1. The predicted molar refractivity (Wildman–Crippen MR) is 84.4 cm³/mol. The van der Waals surface area contributed by atoms with Crippen LogP contribution in [-0.2, 0) is 6.61 Å². The molecule has 112 valence electrons. The molecule has 0 aliphatic rings. The van der Waals surface area contributed by atoms with Crippen LogP contribution < -0.4 is 9.47 Å². The van der Waals surface area contributed by atoms with Crippen LogP contribution in [0.1, 0.15) is 24.2 Å². The standard InChI is InChI=1S/C16H16Cl2O3/c1-10(19)13-5-4-12(20-2)8-16(13)21-9-11-3-6-14(17)15(18)7-11/h3-8,10,19H,9H2,1-2H3/t10-/m0/s1. The number of rotatable bonds is 5. The first-order chi connectivity index (χ1) is 10.0. The summed E-state index contributed by atoms with van der Waals surface area (Å²) in [6.45, 7) is 2.01. The van der Waals surface area contributed by atoms with Gasteiger partial charge in [0.2, 0.25) is 0 Å². The summed E-state index contributed by atoms with van der Waals surface area (Å²) in [6, 6.07) is 10.6. The van der Waals surface area contributed by atoms with Gasteiger partial charge in [0.15, 0.2) is 0 Å². The van der Waals surface area contributed by atoms with Crippen LogP contribution in [0.15, 0.2) is 36.4 Å². The Hall–Kier alpha value is -1.42. The summed E-state index contributed by atoms with van der Waals surface area (Å²) in [5.74, 6) is 1.25. The summed E-state index contributed by atoms with van der Waals surface area (Å²) in [5, 5.41) is 10.8. The normalized spacial score (nSPS) is 12.0. The van der Waals surface area contributed by atoms with Crippen molar-refractivity contribution in [2.45, 2.75) is 19.6 Å². The Morgan fingerprint density at radius 1 is 1.10 bits per heavy atom. The molecule has 1 atom stereocenters. The molecule has 0 radical (unpaired) electrons. The van der Waals surface area contributed by atoms with Gasteiger partial charge in [-0.05, 0) is 36.8 Å². The van der Waals surface area contributed by atoms with E-state index >= 15 is 0 Å². The van der Waals surface area contributed by atoms with Crippen LogP contribution in [0.2, 0.25) is 10.0 Å². The van der Waals surface area contributed by atoms with E-state index in [4.69, 9.17) is 32.7 Å². The molecule has 0 aliphatic carbocycles. The number of methoxy groups -OCH3 is 1. The molecular weight excluding hydrogens is 311 g/mol. The van der Waals surface area contributed by atoms with Gasteiger partial charge in [-0.15, -0.1) is 0 Å². The summed E-state index contributed by atoms with van der Waals surface area (Å²) in [6.07, 6.45) is -0.625. The second-order valence-electron chi connectivity index (χ2n) is 4.62. The number of ether oxygens (including phenoxy) is 2. The smallest absolute Gasteiger partial charge is 0.129 e. The third-order valence-electron chi connectivity index (χ3n) is 3.05. The zero-order valence-electron chi connectivity index (χ0n) is 11.8. The molecule has 0 saturated carbocycles. The minimum atomic E-state index is -0.625. The lowest BCUT2D eigenvalue weighted by atomic mass is 10.1. The van der Waals surface area contributed by atoms with Gasteiger partial charge in [-0.1, -0.05) is 29.3 Å². The average Bonchev–Trinajstić information content (AvgIpc) is 2.48. The Morgan fingerprint density at radius 3 is 2.48 bits per heavy atom. The maximum atomic E-state index is 9.79. The van der Waals surface area contributed by atoms with Crippen molar-refractivity contribution in [2.75, 3.05) is 7.11 Å². The lowest BCUT2D eigenvalue weighted by molar-refractivity contribution is 0.190. The molecule has 3 nitrogen and oxygen atoms in total. The molecular formula is C16H16Cl2O3. The molecule has 0 unspecified atom stereocenters. The largest absolute Gasteiger partial charge is 0.497 e. The number of hydrogen-bond donors (Lipinski definition) is 1. The molecule has 0 spiro atoms. The van der Waals surface area contributed by atoms with E-state index in [1.165, 1.54) is 0 Å². The zero-order valence-corrected chi connectivity index (χ0v) is 13.3. The predicted octanol–water partition coefficient (Wildman–Crippen LogP) is 4.63. The van der Waals surface area contributed by atoms with Gasteiger partial charge in [0, 0.05) is 11.6 Å². The van der Waals surface area contributed by atoms with E-state index in [0.29, 0.717) is 33.7 Å². The first kappa shape index (κ1) is 16.0. The fraction of sp³-hybridized carbons (Fsp3) is 0.250. The van der Waals surface area contributed by atoms with Crippen molar-refractivity contribution in [3.8, 4) is 11.5 Å². The van der Waals surface area contributed by atoms with Gasteiger partial charge in [-0.2, -0.15) is 0 Å². The van der Waals surface area contributed by atoms with Gasteiger partial charge in [-0.25, -0.2) is 0 Å². The van der Waals surface area contributed by atoms with Crippen molar-refractivity contribution >= 4 is 23.2 Å². The van der Waals surface area contributed by atoms with E-state index in [9.17, 15) is 5.11 Å². The van der Waals surface area contributed by atoms with Gasteiger partial charge >= 0.3 is 0 Å². The molecule has 0 aromatic heterocycles. The molecule has 0 bridgehead atoms. The molecule has 2 aromatic carbocycles. The highest BCUT2D eigenvalue weighted by Gasteiger charge is 2.11. The maximum Gasteiger partial charge on any atom is 0.129 e. The fourth-order valence-corrected chi connectivity index (χ4v) is 2.22. The molecule has 0 aliphatic heterocycles. The van der Waals surface area contributed by atoms with E-state index in [1.807, 2.05) is 6.07 Å². The van der Waals surface area contributed by atoms with Crippen LogP contribution in [-0.4, -0.2) is 12.2 Å². The molecule has 5 heteroatoms. The first-order valence-corrected chi connectivity index (χ1v) is 7.19. The summed E-state index contributed by atoms with van der Waals surface area (Å²) >= 11 is 11.9. The van der Waals surface area contributed by atoms with Crippen LogP contribution in [0.4, 0.5) is 0 Å². The molecule has 2 aromatic rings. The van der Waals surface area contributed by atoms with E-state index in [0.717, 1.165) is 5.56 Å². The Bertz CT molecular complexity index is 627. The summed E-state index contributed by atoms with van der Waals surface area (Å²) < 4.78 is 11.0. The summed E-state index contributed by atoms with van der Waals surface area (Å²) in [7, 11) is 1.58. The van der Waals surface area contributed by atoms with Crippen LogP contribution in [0.5, 0.6) is 11.5 Å². The van der Waals surface area contributed by atoms with Crippen molar-refractivity contribution < 1.29 is 14.6 Å². The van der Waals surface area contributed by atoms with E-state index in [2.05, 4.69) is 0 Å². The molecule has 0 amide bonds. The first-order valence-electron chi connectivity index (χ1n) is 6.44. The molecule has 2 rings (SSSR count). The lowest BCUT2D eigenvalue weighted by Gasteiger charge is -2.15. The van der Waals surface area contributed by atoms with Crippen molar-refractivity contribution in [1.29, 1.82) is 0 Å². The van der Waals surface area contributed by atoms with Crippen molar-refractivity contribution in [3.63, 3.8) is 0 Å². The monoisotopic (exact) mass is 326 g/mol. The Labute approximate surface area is 134 Å². The summed E-state index contributed by atoms with van der Waals surface area (Å²) in [4.78, 5) is 0. The maximum absolute atomic E-state index is 9.79. The molecule has 1 N–H and O–H groups in total. The minimum absolute atomic E-state index is 0.323. The third-order valence-corrected chi connectivity index (χ3v) is 3.79. The average molecular weight is 327 g/mol. The second-order valence-corrected chi connectivity index (χ2v) is 5.43. The van der Waals surface area contributed by atoms with E-state index in [-0.39, 0.29) is 0 Å². The quantitative estimate of drug-likeness (QED) is 0.870. The molecule has 0 saturated heterocycles. The zero-order chi connectivity index (χ0) is 15.4. The van der Waals surface area contributed by atoms with Crippen LogP contribution in [0.3, 0.4) is 0 Å². The van der Waals surface area contributed by atoms with E-state index < -0.39 is 6.10 Å². The highest BCUT2D eigenvalue weighted by atomic mass is 35.5. The number of hydrogen-bond acceptors (Lipinski definition) is 3. The van der Waals surface area contributed by atoms with Crippen molar-refractivity contribution in [2.24, 2.45) is 0 Å². The number of benzene rings is 2. The van der Waals surface area contributed by atoms with Crippen molar-refractivity contribution in [3.05, 3.63) is 57.6 Å². The lowest BCUT2D eigenvalue weighted by Crippen LogP contribution is -2.01. The van der Waals surface area contributed by atoms with Gasteiger partial charge in [0.25, 0.3) is 0 Å². The minimum Gasteiger partial charge on any atom is -0.497 e. The number of aliphatic hydroxyl groups is 1. The Morgan fingerprint density at radius 2 is 1.86 bits per heavy atom. The molecule has 0 fully saturated rings. The third kappa shape index (κ3) is 4.03. The molecule has 0 heterocycles. The highest BCUT2D eigenvalue weighted by molar-refractivity contribution is 6.42. The van der Waals surface area contributed by atoms with Crippen LogP contribution >= 0.6 is 23.2 Å². The SMILES string of the molecule is COc1ccc([C@H](C)O)c(OCc2ccc(Cl)c(Cl)c2)c1. The molecule has 21 heavy (non-hydrogen) atoms. The van der Waals surface area contributed by atoms with Crippen LogP contribution in [0.25, 0.3) is 0 Å². The Kier molecular flexibility index (Phi) is 5.34. The number of halogens is 2. The highest BCUT2D eigenvalue weighted by Crippen LogP contribution is 2.30. The van der Waals surface area contributed by atoms with Gasteiger partial charge in [0.05, 0.1) is 23.3 Å². The van der Waals surface area contributed by atoms with Gasteiger partial charge in [0.1, 0.15) is 18.1 Å². The topological polar surface area (TPSA) is 38.7 Å². The van der Waals surface area contributed by atoms with Crippen LogP contribution in [0, 0.1) is 0 Å². The van der Waals surface area contributed by atoms with Gasteiger partial charge < -0.3 is 14.6 Å². The van der Waals surface area contributed by atoms with Crippen molar-refractivity contribution in [1.82, 2.24) is 0 Å². The van der Waals surface area contributed by atoms with Gasteiger partial charge in [-0.3, -0.25) is 0 Å². The van der Waals surface area contributed by atoms with E-state index in [1.54, 1.807) is 44.4 Å². The fourth-order valence-electron chi connectivity index (χ4n) is 1.90. The second kappa shape index (κ2) is 7.03. The summed E-state index contributed by atoms with van der Waals surface area (Å²) in [5.41, 5.74) is 1.60.